The zero-order chi connectivity index (χ0) is 14.6. The van der Waals surface area contributed by atoms with E-state index in [9.17, 15) is 13.2 Å². The van der Waals surface area contributed by atoms with Gasteiger partial charge in [0.1, 0.15) is 11.6 Å². The molecule has 0 amide bonds. The van der Waals surface area contributed by atoms with Crippen LogP contribution >= 0.6 is 11.8 Å². The fraction of sp³-hybridized carbons (Fsp3) is 0.583. The highest BCUT2D eigenvalue weighted by Gasteiger charge is 2.32. The van der Waals surface area contributed by atoms with E-state index >= 15 is 0 Å². The lowest BCUT2D eigenvalue weighted by atomic mass is 10.2. The summed E-state index contributed by atoms with van der Waals surface area (Å²) in [6.45, 7) is 1.96. The van der Waals surface area contributed by atoms with E-state index in [0.29, 0.717) is 5.82 Å². The van der Waals surface area contributed by atoms with E-state index < -0.39 is 11.7 Å². The molecule has 19 heavy (non-hydrogen) atoms. The van der Waals surface area contributed by atoms with Gasteiger partial charge in [-0.15, -0.1) is 0 Å². The summed E-state index contributed by atoms with van der Waals surface area (Å²) in [7, 11) is 3.31. The number of rotatable bonds is 5. The maximum Gasteiger partial charge on any atom is 0.416 e. The number of aromatic nitrogens is 1. The Hall–Kier alpha value is -1.11. The molecule has 3 nitrogen and oxygen atoms in total. The minimum Gasteiger partial charge on any atom is -0.373 e. The summed E-state index contributed by atoms with van der Waals surface area (Å²) in [5.41, 5.74) is -0.690. The second-order valence-electron chi connectivity index (χ2n) is 4.26. The number of halogens is 3. The van der Waals surface area contributed by atoms with Crippen LogP contribution < -0.4 is 10.2 Å². The minimum atomic E-state index is -4.37. The van der Waals surface area contributed by atoms with Crippen LogP contribution in [0.15, 0.2) is 12.1 Å². The molecule has 0 radical (unpaired) electrons. The van der Waals surface area contributed by atoms with Crippen molar-refractivity contribution >= 4 is 23.4 Å². The smallest absolute Gasteiger partial charge is 0.373 e. The molecule has 0 fully saturated rings. The number of pyridine rings is 1. The Kier molecular flexibility index (Phi) is 5.34. The third kappa shape index (κ3) is 4.19. The molecule has 0 saturated carbocycles. The van der Waals surface area contributed by atoms with Gasteiger partial charge in [0.25, 0.3) is 0 Å². The van der Waals surface area contributed by atoms with Crippen LogP contribution in [0, 0.1) is 0 Å². The average Bonchev–Trinajstić information content (AvgIpc) is 2.36. The molecule has 1 aromatic rings. The van der Waals surface area contributed by atoms with Crippen LogP contribution in [-0.4, -0.2) is 37.1 Å². The van der Waals surface area contributed by atoms with Gasteiger partial charge < -0.3 is 10.2 Å². The summed E-state index contributed by atoms with van der Waals surface area (Å²) in [5, 5.41) is 2.66. The van der Waals surface area contributed by atoms with Gasteiger partial charge in [0.2, 0.25) is 0 Å². The average molecular weight is 293 g/mol. The standard InChI is InChI=1S/C12H18F3N3S/c1-8(7-19-4)18(3)11-6-9(12(13,14)15)5-10(16-2)17-11/h5-6,8H,7H2,1-4H3,(H,16,17). The van der Waals surface area contributed by atoms with Crippen LogP contribution in [0.4, 0.5) is 24.8 Å². The lowest BCUT2D eigenvalue weighted by Gasteiger charge is -2.26. The molecular weight excluding hydrogens is 275 g/mol. The zero-order valence-corrected chi connectivity index (χ0v) is 12.2. The maximum absolute atomic E-state index is 12.8. The van der Waals surface area contributed by atoms with Crippen molar-refractivity contribution in [1.82, 2.24) is 4.98 Å². The first kappa shape index (κ1) is 15.9. The molecule has 0 bridgehead atoms. The Bertz CT molecular complexity index is 423. The fourth-order valence-corrected chi connectivity index (χ4v) is 2.27. The Morgan fingerprint density at radius 3 is 2.53 bits per heavy atom. The number of anilines is 2. The van der Waals surface area contributed by atoms with Crippen molar-refractivity contribution in [2.45, 2.75) is 19.1 Å². The summed E-state index contributed by atoms with van der Waals surface area (Å²) in [6, 6.07) is 2.20. The van der Waals surface area contributed by atoms with E-state index in [1.807, 2.05) is 13.2 Å². The zero-order valence-electron chi connectivity index (χ0n) is 11.4. The predicted octanol–water partition coefficient (Wildman–Crippen LogP) is 3.33. The second kappa shape index (κ2) is 6.36. The van der Waals surface area contributed by atoms with Gasteiger partial charge in [-0.1, -0.05) is 0 Å². The number of nitrogens with one attached hydrogen (secondary N) is 1. The lowest BCUT2D eigenvalue weighted by Crippen LogP contribution is -2.32. The molecule has 0 aliphatic carbocycles. The molecule has 0 aromatic carbocycles. The number of alkyl halides is 3. The summed E-state index contributed by atoms with van der Waals surface area (Å²) >= 11 is 1.65. The molecule has 0 aliphatic rings. The number of nitrogens with zero attached hydrogens (tertiary/aromatic N) is 2. The van der Waals surface area contributed by atoms with E-state index in [0.717, 1.165) is 17.9 Å². The summed E-state index contributed by atoms with van der Waals surface area (Å²) in [6.07, 6.45) is -2.41. The van der Waals surface area contributed by atoms with Crippen molar-refractivity contribution in [1.29, 1.82) is 0 Å². The summed E-state index contributed by atoms with van der Waals surface area (Å²) < 4.78 is 38.5. The van der Waals surface area contributed by atoms with Gasteiger partial charge in [-0.05, 0) is 25.3 Å². The molecular formula is C12H18F3N3S. The first-order valence-corrected chi connectivity index (χ1v) is 7.17. The van der Waals surface area contributed by atoms with E-state index in [-0.39, 0.29) is 11.9 Å². The first-order chi connectivity index (χ1) is 8.79. The van der Waals surface area contributed by atoms with Crippen molar-refractivity contribution < 1.29 is 13.2 Å². The van der Waals surface area contributed by atoms with Gasteiger partial charge in [0, 0.05) is 25.9 Å². The second-order valence-corrected chi connectivity index (χ2v) is 5.17. The van der Waals surface area contributed by atoms with Crippen LogP contribution in [0.5, 0.6) is 0 Å². The molecule has 0 saturated heterocycles. The summed E-state index contributed by atoms with van der Waals surface area (Å²) in [4.78, 5) is 5.93. The van der Waals surface area contributed by atoms with Gasteiger partial charge in [0.15, 0.2) is 0 Å². The molecule has 1 N–H and O–H groups in total. The number of hydrogen-bond acceptors (Lipinski definition) is 4. The SMILES string of the molecule is CNc1cc(C(F)(F)F)cc(N(C)C(C)CSC)n1. The fourth-order valence-electron chi connectivity index (χ4n) is 1.57. The van der Waals surface area contributed by atoms with Crippen molar-refractivity contribution in [2.75, 3.05) is 36.3 Å². The monoisotopic (exact) mass is 293 g/mol. The molecule has 108 valence electrons. The molecule has 1 atom stereocenters. The van der Waals surface area contributed by atoms with Gasteiger partial charge in [0.05, 0.1) is 5.56 Å². The summed E-state index contributed by atoms with van der Waals surface area (Å²) in [5.74, 6) is 1.36. The van der Waals surface area contributed by atoms with Gasteiger partial charge in [-0.3, -0.25) is 0 Å². The highest BCUT2D eigenvalue weighted by Crippen LogP contribution is 2.33. The van der Waals surface area contributed by atoms with Crippen molar-refractivity contribution in [3.63, 3.8) is 0 Å². The molecule has 1 unspecified atom stereocenters. The van der Waals surface area contributed by atoms with Crippen molar-refractivity contribution in [3.8, 4) is 0 Å². The van der Waals surface area contributed by atoms with E-state index in [2.05, 4.69) is 10.3 Å². The van der Waals surface area contributed by atoms with Gasteiger partial charge in [-0.2, -0.15) is 24.9 Å². The van der Waals surface area contributed by atoms with Gasteiger partial charge in [-0.25, -0.2) is 4.98 Å². The Balaban J connectivity index is 3.13. The third-order valence-corrected chi connectivity index (χ3v) is 3.64. The van der Waals surface area contributed by atoms with Crippen LogP contribution in [0.1, 0.15) is 12.5 Å². The number of hydrogen-bond donors (Lipinski definition) is 1. The van der Waals surface area contributed by atoms with Crippen LogP contribution in [-0.2, 0) is 6.18 Å². The number of thioether (sulfide) groups is 1. The Labute approximate surface area is 115 Å². The quantitative estimate of drug-likeness (QED) is 0.901. The molecule has 1 aromatic heterocycles. The predicted molar refractivity (Wildman–Crippen MR) is 75.0 cm³/mol. The Morgan fingerprint density at radius 2 is 2.05 bits per heavy atom. The first-order valence-electron chi connectivity index (χ1n) is 5.78. The van der Waals surface area contributed by atoms with Gasteiger partial charge >= 0.3 is 6.18 Å². The normalized spacial score (nSPS) is 13.2. The van der Waals surface area contributed by atoms with E-state index in [1.54, 1.807) is 30.8 Å². The topological polar surface area (TPSA) is 28.2 Å². The molecule has 1 heterocycles. The molecule has 1 rings (SSSR count). The highest BCUT2D eigenvalue weighted by atomic mass is 32.2. The minimum absolute atomic E-state index is 0.107. The van der Waals surface area contributed by atoms with Crippen LogP contribution in [0.2, 0.25) is 0 Å². The highest BCUT2D eigenvalue weighted by molar-refractivity contribution is 7.98. The molecule has 0 spiro atoms. The molecule has 7 heteroatoms. The maximum atomic E-state index is 12.8. The third-order valence-electron chi connectivity index (χ3n) is 2.83. The Morgan fingerprint density at radius 1 is 1.42 bits per heavy atom. The lowest BCUT2D eigenvalue weighted by molar-refractivity contribution is -0.137. The van der Waals surface area contributed by atoms with Crippen LogP contribution in [0.25, 0.3) is 0 Å². The van der Waals surface area contributed by atoms with Crippen molar-refractivity contribution in [3.05, 3.63) is 17.7 Å². The van der Waals surface area contributed by atoms with E-state index in [4.69, 9.17) is 0 Å². The van der Waals surface area contributed by atoms with E-state index in [1.165, 1.54) is 0 Å². The molecule has 0 aliphatic heterocycles. The van der Waals surface area contributed by atoms with Crippen LogP contribution in [0.3, 0.4) is 0 Å². The van der Waals surface area contributed by atoms with Crippen molar-refractivity contribution in [2.24, 2.45) is 0 Å². The largest absolute Gasteiger partial charge is 0.416 e.